The Morgan fingerprint density at radius 1 is 1.17 bits per heavy atom. The highest BCUT2D eigenvalue weighted by molar-refractivity contribution is 7.81. The van der Waals surface area contributed by atoms with Gasteiger partial charge in [-0.2, -0.15) is 12.6 Å². The van der Waals surface area contributed by atoms with Crippen LogP contribution in [0.15, 0.2) is 18.2 Å². The third kappa shape index (κ3) is 3.05. The topological polar surface area (TPSA) is 23.6 Å². The van der Waals surface area contributed by atoms with Gasteiger partial charge in [0.2, 0.25) is 5.91 Å². The van der Waals surface area contributed by atoms with Crippen LogP contribution in [0.1, 0.15) is 0 Å². The van der Waals surface area contributed by atoms with Crippen molar-refractivity contribution in [1.82, 2.24) is 4.90 Å². The van der Waals surface area contributed by atoms with Crippen LogP contribution in [-0.4, -0.2) is 42.7 Å². The predicted molar refractivity (Wildman–Crippen MR) is 79.1 cm³/mol. The SMILES string of the molecule is O=C(CS)N1CCN(c2ccc(Cl)c(Cl)c2)CC1. The molecular weight excluding hydrogens is 291 g/mol. The summed E-state index contributed by atoms with van der Waals surface area (Å²) in [4.78, 5) is 15.5. The van der Waals surface area contributed by atoms with Gasteiger partial charge in [-0.15, -0.1) is 0 Å². The van der Waals surface area contributed by atoms with E-state index in [2.05, 4.69) is 17.5 Å². The summed E-state index contributed by atoms with van der Waals surface area (Å²) < 4.78 is 0. The van der Waals surface area contributed by atoms with E-state index in [0.717, 1.165) is 31.9 Å². The van der Waals surface area contributed by atoms with Crippen molar-refractivity contribution in [3.63, 3.8) is 0 Å². The number of rotatable bonds is 2. The zero-order valence-electron chi connectivity index (χ0n) is 9.77. The maximum Gasteiger partial charge on any atom is 0.232 e. The van der Waals surface area contributed by atoms with Gasteiger partial charge in [-0.25, -0.2) is 0 Å². The van der Waals surface area contributed by atoms with E-state index in [0.29, 0.717) is 10.0 Å². The maximum atomic E-state index is 11.5. The lowest BCUT2D eigenvalue weighted by Crippen LogP contribution is -2.49. The van der Waals surface area contributed by atoms with E-state index in [1.165, 1.54) is 0 Å². The van der Waals surface area contributed by atoms with E-state index in [1.807, 2.05) is 17.0 Å². The highest BCUT2D eigenvalue weighted by Gasteiger charge is 2.20. The zero-order chi connectivity index (χ0) is 13.1. The van der Waals surface area contributed by atoms with Crippen LogP contribution in [0.3, 0.4) is 0 Å². The van der Waals surface area contributed by atoms with E-state index >= 15 is 0 Å². The molecular formula is C12H14Cl2N2OS. The van der Waals surface area contributed by atoms with E-state index in [9.17, 15) is 4.79 Å². The molecule has 18 heavy (non-hydrogen) atoms. The van der Waals surface area contributed by atoms with Crippen LogP contribution in [0.4, 0.5) is 5.69 Å². The molecule has 2 rings (SSSR count). The molecule has 1 aromatic carbocycles. The lowest BCUT2D eigenvalue weighted by Gasteiger charge is -2.36. The Hall–Kier alpha value is -0.580. The molecule has 1 saturated heterocycles. The number of thiol groups is 1. The zero-order valence-corrected chi connectivity index (χ0v) is 12.2. The minimum absolute atomic E-state index is 0.0899. The van der Waals surface area contributed by atoms with Crippen molar-refractivity contribution in [1.29, 1.82) is 0 Å². The molecule has 1 heterocycles. The van der Waals surface area contributed by atoms with Gasteiger partial charge < -0.3 is 9.80 Å². The average molecular weight is 305 g/mol. The fourth-order valence-corrected chi connectivity index (χ4v) is 2.49. The highest BCUT2D eigenvalue weighted by atomic mass is 35.5. The minimum Gasteiger partial charge on any atom is -0.368 e. The number of halogens is 2. The summed E-state index contributed by atoms with van der Waals surface area (Å²) in [5.41, 5.74) is 1.04. The number of carbonyl (C=O) groups excluding carboxylic acids is 1. The first-order valence-corrected chi connectivity index (χ1v) is 7.09. The van der Waals surface area contributed by atoms with Crippen LogP contribution >= 0.6 is 35.8 Å². The van der Waals surface area contributed by atoms with Crippen molar-refractivity contribution < 1.29 is 4.79 Å². The molecule has 0 radical (unpaired) electrons. The Morgan fingerprint density at radius 3 is 2.39 bits per heavy atom. The van der Waals surface area contributed by atoms with Crippen molar-refractivity contribution in [2.75, 3.05) is 36.8 Å². The molecule has 0 saturated carbocycles. The van der Waals surface area contributed by atoms with Crippen LogP contribution in [0.25, 0.3) is 0 Å². The summed E-state index contributed by atoms with van der Waals surface area (Å²) in [6.07, 6.45) is 0. The number of hydrogen-bond acceptors (Lipinski definition) is 3. The molecule has 98 valence electrons. The first-order chi connectivity index (χ1) is 8.61. The lowest BCUT2D eigenvalue weighted by atomic mass is 10.2. The van der Waals surface area contributed by atoms with Crippen LogP contribution in [0.5, 0.6) is 0 Å². The molecule has 1 aromatic rings. The smallest absolute Gasteiger partial charge is 0.232 e. The Labute approximate surface area is 122 Å². The molecule has 0 N–H and O–H groups in total. The molecule has 6 heteroatoms. The Balaban J connectivity index is 2.01. The summed E-state index contributed by atoms with van der Waals surface area (Å²) in [6.45, 7) is 3.05. The number of hydrogen-bond donors (Lipinski definition) is 1. The van der Waals surface area contributed by atoms with Gasteiger partial charge in [-0.3, -0.25) is 4.79 Å². The van der Waals surface area contributed by atoms with E-state index in [-0.39, 0.29) is 11.7 Å². The molecule has 0 spiro atoms. The normalized spacial score (nSPS) is 15.9. The summed E-state index contributed by atoms with van der Waals surface area (Å²) >= 11 is 15.9. The number of carbonyl (C=O) groups is 1. The summed E-state index contributed by atoms with van der Waals surface area (Å²) in [5.74, 6) is 0.361. The second-order valence-corrected chi connectivity index (χ2v) is 5.25. The quantitative estimate of drug-likeness (QED) is 0.849. The summed E-state index contributed by atoms with van der Waals surface area (Å²) in [6, 6.07) is 5.61. The van der Waals surface area contributed by atoms with Crippen LogP contribution in [0.2, 0.25) is 10.0 Å². The summed E-state index contributed by atoms with van der Waals surface area (Å²) in [7, 11) is 0. The van der Waals surface area contributed by atoms with Crippen LogP contribution in [0, 0.1) is 0 Å². The average Bonchev–Trinajstić information content (AvgIpc) is 2.41. The van der Waals surface area contributed by atoms with E-state index in [1.54, 1.807) is 6.07 Å². The minimum atomic E-state index is 0.0899. The number of benzene rings is 1. The number of nitrogens with zero attached hydrogens (tertiary/aromatic N) is 2. The van der Waals surface area contributed by atoms with Crippen LogP contribution < -0.4 is 4.90 Å². The standard InChI is InChI=1S/C12H14Cl2N2OS/c13-10-2-1-9(7-11(10)14)15-3-5-16(6-4-15)12(17)8-18/h1-2,7,18H,3-6,8H2. The van der Waals surface area contributed by atoms with Gasteiger partial charge in [0.25, 0.3) is 0 Å². The predicted octanol–water partition coefficient (Wildman–Crippen LogP) is 2.57. The van der Waals surface area contributed by atoms with Crippen molar-refractivity contribution >= 4 is 47.4 Å². The van der Waals surface area contributed by atoms with Gasteiger partial charge in [-0.1, -0.05) is 23.2 Å². The van der Waals surface area contributed by atoms with Crippen molar-refractivity contribution in [2.24, 2.45) is 0 Å². The molecule has 1 amide bonds. The first-order valence-electron chi connectivity index (χ1n) is 5.70. The second-order valence-electron chi connectivity index (χ2n) is 4.12. The van der Waals surface area contributed by atoms with Gasteiger partial charge in [-0.05, 0) is 18.2 Å². The van der Waals surface area contributed by atoms with Gasteiger partial charge in [0.05, 0.1) is 15.8 Å². The maximum absolute atomic E-state index is 11.5. The molecule has 0 aliphatic carbocycles. The monoisotopic (exact) mass is 304 g/mol. The number of anilines is 1. The van der Waals surface area contributed by atoms with Gasteiger partial charge in [0, 0.05) is 31.9 Å². The fraction of sp³-hybridized carbons (Fsp3) is 0.417. The molecule has 0 aromatic heterocycles. The van der Waals surface area contributed by atoms with Crippen molar-refractivity contribution in [3.05, 3.63) is 28.2 Å². The Bertz CT molecular complexity index is 448. The molecule has 0 unspecified atom stereocenters. The lowest BCUT2D eigenvalue weighted by molar-refractivity contribution is -0.128. The largest absolute Gasteiger partial charge is 0.368 e. The Kier molecular flexibility index (Phi) is 4.65. The summed E-state index contributed by atoms with van der Waals surface area (Å²) in [5, 5.41) is 1.12. The number of amides is 1. The molecule has 1 aliphatic rings. The van der Waals surface area contributed by atoms with Gasteiger partial charge >= 0.3 is 0 Å². The highest BCUT2D eigenvalue weighted by Crippen LogP contribution is 2.27. The number of piperazine rings is 1. The molecule has 0 bridgehead atoms. The van der Waals surface area contributed by atoms with E-state index in [4.69, 9.17) is 23.2 Å². The second kappa shape index (κ2) is 6.04. The van der Waals surface area contributed by atoms with Gasteiger partial charge in [0.1, 0.15) is 0 Å². The van der Waals surface area contributed by atoms with Gasteiger partial charge in [0.15, 0.2) is 0 Å². The molecule has 0 atom stereocenters. The van der Waals surface area contributed by atoms with Crippen molar-refractivity contribution in [3.8, 4) is 0 Å². The Morgan fingerprint density at radius 2 is 1.83 bits per heavy atom. The molecule has 1 aliphatic heterocycles. The third-order valence-electron chi connectivity index (χ3n) is 3.04. The third-order valence-corrected chi connectivity index (χ3v) is 4.05. The molecule has 3 nitrogen and oxygen atoms in total. The van der Waals surface area contributed by atoms with Crippen molar-refractivity contribution in [2.45, 2.75) is 0 Å². The first kappa shape index (κ1) is 13.8. The van der Waals surface area contributed by atoms with E-state index < -0.39 is 0 Å². The van der Waals surface area contributed by atoms with Crippen LogP contribution in [-0.2, 0) is 4.79 Å². The molecule has 1 fully saturated rings. The fourth-order valence-electron chi connectivity index (χ4n) is 2.00.